The molecule has 2 aromatic carbocycles. The largest absolute Gasteiger partial charge is 0.455 e. The third-order valence-corrected chi connectivity index (χ3v) is 6.53. The molecule has 3 heterocycles. The van der Waals surface area contributed by atoms with Gasteiger partial charge < -0.3 is 10.6 Å². The minimum atomic E-state index is -4.79. The van der Waals surface area contributed by atoms with Crippen molar-refractivity contribution in [2.75, 3.05) is 5.32 Å². The monoisotopic (exact) mass is 629 g/mol. The third kappa shape index (κ3) is 6.81. The topological polar surface area (TPSA) is 133 Å². The number of benzene rings is 2. The first-order chi connectivity index (χ1) is 20.5. The van der Waals surface area contributed by atoms with Crippen molar-refractivity contribution in [2.24, 2.45) is 0 Å². The van der Waals surface area contributed by atoms with E-state index in [1.807, 2.05) is 30.3 Å². The summed E-state index contributed by atoms with van der Waals surface area (Å²) in [5, 5.41) is 20.1. The van der Waals surface area contributed by atoms with Crippen molar-refractivity contribution in [2.45, 2.75) is 26.2 Å². The number of amides is 2. The van der Waals surface area contributed by atoms with E-state index in [1.54, 1.807) is 19.1 Å². The number of alkyl halides is 3. The summed E-state index contributed by atoms with van der Waals surface area (Å²) in [5.41, 5.74) is 1.69. The second-order valence-corrected chi connectivity index (χ2v) is 9.99. The summed E-state index contributed by atoms with van der Waals surface area (Å²) >= 11 is 12.6. The molecule has 11 nitrogen and oxygen atoms in total. The maximum Gasteiger partial charge on any atom is 0.455 e. The number of carbonyl (C=O) groups is 2. The molecular weight excluding hydrogens is 610 g/mol. The number of hydrogen-bond donors (Lipinski definition) is 2. The van der Waals surface area contributed by atoms with Gasteiger partial charge in [-0.25, -0.2) is 9.67 Å². The smallest absolute Gasteiger partial charge is 0.348 e. The maximum absolute atomic E-state index is 13.7. The number of nitrogens with one attached hydrogen (secondary N) is 2. The standard InChI is InChI=1S/C27H20Cl2F3N9O2/c1-15-10-17(28)11-19(24(42)34-13-16-6-3-2-4-7-16)22(15)35-25(43)21-12-18(14-40-38-26(36-39-40)27(30,31)32)37-41(21)23-20(29)8-5-9-33-23/h2-12H,13-14H2,1H3,(H,34,42)(H,35,43). The average molecular weight is 630 g/mol. The van der Waals surface area contributed by atoms with E-state index < -0.39 is 23.8 Å². The lowest BCUT2D eigenvalue weighted by Gasteiger charge is -2.15. The molecular formula is C27H20Cl2F3N9O2. The molecule has 0 aliphatic heterocycles. The molecule has 0 radical (unpaired) electrons. The Kier molecular flexibility index (Phi) is 8.41. The molecule has 5 aromatic rings. The van der Waals surface area contributed by atoms with Crippen LogP contribution >= 0.6 is 23.2 Å². The van der Waals surface area contributed by atoms with Crippen molar-refractivity contribution in [3.05, 3.63) is 111 Å². The van der Waals surface area contributed by atoms with E-state index in [0.29, 0.717) is 10.4 Å². The van der Waals surface area contributed by atoms with Crippen LogP contribution in [0.5, 0.6) is 0 Å². The predicted molar refractivity (Wildman–Crippen MR) is 150 cm³/mol. The van der Waals surface area contributed by atoms with E-state index in [0.717, 1.165) is 10.2 Å². The highest BCUT2D eigenvalue weighted by atomic mass is 35.5. The van der Waals surface area contributed by atoms with E-state index in [1.165, 1.54) is 24.4 Å². The van der Waals surface area contributed by atoms with Crippen LogP contribution in [0.25, 0.3) is 5.82 Å². The number of carbonyl (C=O) groups excluding carboxylic acids is 2. The van der Waals surface area contributed by atoms with Crippen LogP contribution in [0.15, 0.2) is 66.9 Å². The van der Waals surface area contributed by atoms with Gasteiger partial charge in [0.2, 0.25) is 0 Å². The average Bonchev–Trinajstić information content (AvgIpc) is 3.62. The summed E-state index contributed by atoms with van der Waals surface area (Å²) in [6, 6.07) is 16.7. The Morgan fingerprint density at radius 1 is 0.977 bits per heavy atom. The molecule has 0 saturated heterocycles. The molecule has 2 amide bonds. The molecule has 0 atom stereocenters. The lowest BCUT2D eigenvalue weighted by molar-refractivity contribution is -0.145. The van der Waals surface area contributed by atoms with E-state index in [-0.39, 0.29) is 51.6 Å². The van der Waals surface area contributed by atoms with Crippen molar-refractivity contribution in [3.8, 4) is 5.82 Å². The van der Waals surface area contributed by atoms with Crippen LogP contribution in [0.1, 0.15) is 43.5 Å². The Bertz CT molecular complexity index is 1810. The summed E-state index contributed by atoms with van der Waals surface area (Å²) in [6.07, 6.45) is -3.36. The minimum Gasteiger partial charge on any atom is -0.348 e. The summed E-state index contributed by atoms with van der Waals surface area (Å²) in [6.45, 7) is 1.55. The summed E-state index contributed by atoms with van der Waals surface area (Å²) < 4.78 is 40.0. The van der Waals surface area contributed by atoms with Crippen LogP contribution in [0, 0.1) is 6.92 Å². The van der Waals surface area contributed by atoms with E-state index >= 15 is 0 Å². The fourth-order valence-electron chi connectivity index (χ4n) is 4.07. The minimum absolute atomic E-state index is 0.0803. The number of aryl methyl sites for hydroxylation is 1. The van der Waals surface area contributed by atoms with Gasteiger partial charge in [-0.15, -0.1) is 10.2 Å². The van der Waals surface area contributed by atoms with E-state index in [9.17, 15) is 22.8 Å². The molecule has 2 N–H and O–H groups in total. The first-order valence-corrected chi connectivity index (χ1v) is 13.2. The number of anilines is 1. The van der Waals surface area contributed by atoms with Crippen LogP contribution in [-0.2, 0) is 19.3 Å². The Balaban J connectivity index is 1.47. The number of rotatable bonds is 8. The highest BCUT2D eigenvalue weighted by Crippen LogP contribution is 2.28. The second kappa shape index (κ2) is 12.2. The first kappa shape index (κ1) is 29.7. The number of pyridine rings is 1. The molecule has 220 valence electrons. The SMILES string of the molecule is Cc1cc(Cl)cc(C(=O)NCc2ccccc2)c1NC(=O)c1cc(Cn2nnc(C(F)(F)F)n2)nn1-c1ncccc1Cl. The molecule has 0 aliphatic carbocycles. The zero-order chi connectivity index (χ0) is 30.7. The summed E-state index contributed by atoms with van der Waals surface area (Å²) in [5.74, 6) is -2.54. The highest BCUT2D eigenvalue weighted by molar-refractivity contribution is 6.32. The molecule has 0 unspecified atom stereocenters. The number of aromatic nitrogens is 7. The lowest BCUT2D eigenvalue weighted by atomic mass is 10.1. The van der Waals surface area contributed by atoms with Gasteiger partial charge in [0.05, 0.1) is 22.0 Å². The Morgan fingerprint density at radius 3 is 2.44 bits per heavy atom. The van der Waals surface area contributed by atoms with Crippen molar-refractivity contribution in [3.63, 3.8) is 0 Å². The molecule has 0 spiro atoms. The number of tetrazole rings is 1. The zero-order valence-electron chi connectivity index (χ0n) is 22.1. The van der Waals surface area contributed by atoms with Crippen molar-refractivity contribution < 1.29 is 22.8 Å². The Hall–Kier alpha value is -4.82. The van der Waals surface area contributed by atoms with Gasteiger partial charge in [-0.2, -0.15) is 23.1 Å². The molecule has 0 fully saturated rings. The van der Waals surface area contributed by atoms with Crippen molar-refractivity contribution in [1.29, 1.82) is 0 Å². The van der Waals surface area contributed by atoms with Gasteiger partial charge >= 0.3 is 6.18 Å². The maximum atomic E-state index is 13.7. The van der Waals surface area contributed by atoms with Crippen LogP contribution in [0.3, 0.4) is 0 Å². The van der Waals surface area contributed by atoms with Crippen LogP contribution in [-0.4, -0.2) is 46.8 Å². The van der Waals surface area contributed by atoms with Gasteiger partial charge in [-0.05, 0) is 53.6 Å². The predicted octanol–water partition coefficient (Wildman–Crippen LogP) is 5.12. The van der Waals surface area contributed by atoms with Crippen molar-refractivity contribution >= 4 is 40.7 Å². The molecule has 5 rings (SSSR count). The molecule has 0 bridgehead atoms. The van der Waals surface area contributed by atoms with Gasteiger partial charge in [0.1, 0.15) is 12.2 Å². The van der Waals surface area contributed by atoms with E-state index in [2.05, 4.69) is 36.1 Å². The zero-order valence-corrected chi connectivity index (χ0v) is 23.6. The number of halogens is 5. The van der Waals surface area contributed by atoms with Gasteiger partial charge in [0, 0.05) is 17.8 Å². The van der Waals surface area contributed by atoms with Gasteiger partial charge in [-0.1, -0.05) is 53.5 Å². The van der Waals surface area contributed by atoms with Gasteiger partial charge in [0.25, 0.3) is 17.6 Å². The van der Waals surface area contributed by atoms with Crippen molar-refractivity contribution in [1.82, 2.24) is 40.3 Å². The summed E-state index contributed by atoms with van der Waals surface area (Å²) in [4.78, 5) is 31.8. The molecule has 16 heteroatoms. The molecule has 0 saturated carbocycles. The first-order valence-electron chi connectivity index (χ1n) is 12.5. The van der Waals surface area contributed by atoms with Crippen LogP contribution < -0.4 is 10.6 Å². The number of hydrogen-bond acceptors (Lipinski definition) is 7. The quantitative estimate of drug-likeness (QED) is 0.243. The highest BCUT2D eigenvalue weighted by Gasteiger charge is 2.37. The lowest BCUT2D eigenvalue weighted by Crippen LogP contribution is -2.26. The Labute approximate surface area is 251 Å². The molecule has 43 heavy (non-hydrogen) atoms. The van der Waals surface area contributed by atoms with E-state index in [4.69, 9.17) is 23.2 Å². The molecule has 0 aliphatic rings. The fourth-order valence-corrected chi connectivity index (χ4v) is 4.55. The number of nitrogens with zero attached hydrogens (tertiary/aromatic N) is 7. The molecule has 3 aromatic heterocycles. The van der Waals surface area contributed by atoms with Gasteiger partial charge in [-0.3, -0.25) is 9.59 Å². The fraction of sp³-hybridized carbons (Fsp3) is 0.148. The Morgan fingerprint density at radius 2 is 1.74 bits per heavy atom. The van der Waals surface area contributed by atoms with Gasteiger partial charge in [0.15, 0.2) is 5.82 Å². The van der Waals surface area contributed by atoms with Crippen LogP contribution in [0.2, 0.25) is 10.0 Å². The summed E-state index contributed by atoms with van der Waals surface area (Å²) in [7, 11) is 0. The second-order valence-electron chi connectivity index (χ2n) is 9.15. The van der Waals surface area contributed by atoms with Crippen LogP contribution in [0.4, 0.5) is 18.9 Å². The normalized spacial score (nSPS) is 11.4. The third-order valence-electron chi connectivity index (χ3n) is 6.02.